The van der Waals surface area contributed by atoms with Gasteiger partial charge in [-0.2, -0.15) is 5.26 Å². The summed E-state index contributed by atoms with van der Waals surface area (Å²) in [5.41, 5.74) is 1.11. The zero-order valence-corrected chi connectivity index (χ0v) is 14.9. The van der Waals surface area contributed by atoms with Crippen LogP contribution in [0.1, 0.15) is 28.3 Å². The highest BCUT2D eigenvalue weighted by Gasteiger charge is 2.22. The van der Waals surface area contributed by atoms with E-state index in [4.69, 9.17) is 18.9 Å². The third-order valence-corrected chi connectivity index (χ3v) is 4.19. The quantitative estimate of drug-likeness (QED) is 0.522. The molecule has 6 nitrogen and oxygen atoms in total. The molecule has 0 aromatic heterocycles. The first-order valence-electron chi connectivity index (χ1n) is 8.40. The summed E-state index contributed by atoms with van der Waals surface area (Å²) in [5, 5.41) is 9.58. The first-order chi connectivity index (χ1) is 13.2. The number of nitriles is 1. The second-order valence-electron chi connectivity index (χ2n) is 5.88. The number of carbonyl (C=O) groups excluding carboxylic acids is 1. The summed E-state index contributed by atoms with van der Waals surface area (Å²) in [6.45, 7) is 4.04. The molecular weight excluding hydrogens is 346 g/mol. The molecule has 0 saturated carbocycles. The van der Waals surface area contributed by atoms with Crippen LogP contribution < -0.4 is 18.9 Å². The summed E-state index contributed by atoms with van der Waals surface area (Å²) < 4.78 is 21.4. The number of rotatable bonds is 8. The predicted molar refractivity (Wildman–Crippen MR) is 98.6 cm³/mol. The van der Waals surface area contributed by atoms with Gasteiger partial charge in [0.1, 0.15) is 18.1 Å². The molecule has 1 aliphatic heterocycles. The van der Waals surface area contributed by atoms with Gasteiger partial charge in [-0.15, -0.1) is 0 Å². The van der Waals surface area contributed by atoms with Crippen LogP contribution in [0.2, 0.25) is 0 Å². The van der Waals surface area contributed by atoms with E-state index in [1.807, 2.05) is 0 Å². The van der Waals surface area contributed by atoms with E-state index in [1.54, 1.807) is 49.6 Å². The Morgan fingerprint density at radius 1 is 1.30 bits per heavy atom. The molecule has 0 bridgehead atoms. The number of hydrogen-bond donors (Lipinski definition) is 0. The smallest absolute Gasteiger partial charge is 0.231 e. The van der Waals surface area contributed by atoms with Crippen LogP contribution in [-0.2, 0) is 0 Å². The van der Waals surface area contributed by atoms with E-state index in [-0.39, 0.29) is 25.6 Å². The minimum absolute atomic E-state index is 0.0208. The molecule has 0 aliphatic carbocycles. The summed E-state index contributed by atoms with van der Waals surface area (Å²) in [6, 6.07) is 12.5. The highest BCUT2D eigenvalue weighted by Crippen LogP contribution is 2.36. The van der Waals surface area contributed by atoms with E-state index in [2.05, 4.69) is 12.6 Å². The number of nitrogens with zero attached hydrogens (tertiary/aromatic N) is 1. The van der Waals surface area contributed by atoms with Crippen molar-refractivity contribution >= 4 is 5.78 Å². The molecule has 3 rings (SSSR count). The van der Waals surface area contributed by atoms with E-state index < -0.39 is 5.92 Å². The molecule has 27 heavy (non-hydrogen) atoms. The van der Waals surface area contributed by atoms with Crippen molar-refractivity contribution in [3.63, 3.8) is 0 Å². The molecule has 138 valence electrons. The van der Waals surface area contributed by atoms with Crippen LogP contribution in [0.5, 0.6) is 23.0 Å². The normalized spacial score (nSPS) is 12.7. The molecular formula is C21H19NO5. The number of benzene rings is 2. The van der Waals surface area contributed by atoms with E-state index >= 15 is 0 Å². The zero-order valence-electron chi connectivity index (χ0n) is 14.9. The minimum atomic E-state index is -0.610. The lowest BCUT2D eigenvalue weighted by Crippen LogP contribution is -2.09. The van der Waals surface area contributed by atoms with Gasteiger partial charge in [0, 0.05) is 12.5 Å². The van der Waals surface area contributed by atoms with Gasteiger partial charge in [0.15, 0.2) is 17.3 Å². The molecule has 6 heteroatoms. The molecule has 1 heterocycles. The number of ether oxygens (including phenoxy) is 4. The van der Waals surface area contributed by atoms with Gasteiger partial charge >= 0.3 is 0 Å². The maximum atomic E-state index is 12.9. The van der Waals surface area contributed by atoms with E-state index in [1.165, 1.54) is 0 Å². The first-order valence-corrected chi connectivity index (χ1v) is 8.40. The fourth-order valence-corrected chi connectivity index (χ4v) is 2.79. The van der Waals surface area contributed by atoms with Crippen molar-refractivity contribution in [3.8, 4) is 29.1 Å². The lowest BCUT2D eigenvalue weighted by atomic mass is 9.92. The topological polar surface area (TPSA) is 77.8 Å². The van der Waals surface area contributed by atoms with E-state index in [9.17, 15) is 10.1 Å². The van der Waals surface area contributed by atoms with Gasteiger partial charge < -0.3 is 18.9 Å². The standard InChI is InChI=1S/C21H19NO5/c1-3-8-25-20-11-16(24-2)5-6-17(20)18(23)9-15(12-22)14-4-7-19-21(10-14)27-13-26-19/h3-7,10-11,15H,1,8-9,13H2,2H3. The van der Waals surface area contributed by atoms with Gasteiger partial charge in [-0.25, -0.2) is 0 Å². The molecule has 0 saturated heterocycles. The second kappa shape index (κ2) is 8.28. The summed E-state index contributed by atoms with van der Waals surface area (Å²) >= 11 is 0. The number of hydrogen-bond acceptors (Lipinski definition) is 6. The van der Waals surface area contributed by atoms with Gasteiger partial charge in [-0.05, 0) is 29.8 Å². The summed E-state index contributed by atoms with van der Waals surface area (Å²) in [7, 11) is 1.54. The maximum absolute atomic E-state index is 12.9. The number of carbonyl (C=O) groups is 1. The molecule has 0 radical (unpaired) electrons. The average Bonchev–Trinajstić information content (AvgIpc) is 3.17. The zero-order chi connectivity index (χ0) is 19.2. The Hall–Kier alpha value is -3.46. The second-order valence-corrected chi connectivity index (χ2v) is 5.88. The number of ketones is 1. The minimum Gasteiger partial charge on any atom is -0.497 e. The number of fused-ring (bicyclic) bond motifs is 1. The Morgan fingerprint density at radius 3 is 2.85 bits per heavy atom. The average molecular weight is 365 g/mol. The largest absolute Gasteiger partial charge is 0.497 e. The molecule has 0 spiro atoms. The number of Topliss-reactive ketones (excluding diaryl/α,β-unsaturated/α-hetero) is 1. The van der Waals surface area contributed by atoms with Gasteiger partial charge in [-0.1, -0.05) is 18.7 Å². The summed E-state index contributed by atoms with van der Waals surface area (Å²) in [5.74, 6) is 1.40. The van der Waals surface area contributed by atoms with Crippen LogP contribution in [0.25, 0.3) is 0 Å². The Morgan fingerprint density at radius 2 is 2.11 bits per heavy atom. The highest BCUT2D eigenvalue weighted by molar-refractivity contribution is 5.99. The molecule has 0 fully saturated rings. The predicted octanol–water partition coefficient (Wildman–Crippen LogP) is 3.87. The third-order valence-electron chi connectivity index (χ3n) is 4.19. The van der Waals surface area contributed by atoms with Crippen LogP contribution in [-0.4, -0.2) is 26.3 Å². The fourth-order valence-electron chi connectivity index (χ4n) is 2.79. The highest BCUT2D eigenvalue weighted by atomic mass is 16.7. The van der Waals surface area contributed by atoms with Crippen molar-refractivity contribution in [3.05, 3.63) is 60.2 Å². The van der Waals surface area contributed by atoms with Crippen molar-refractivity contribution < 1.29 is 23.7 Å². The van der Waals surface area contributed by atoms with Crippen LogP contribution in [0.4, 0.5) is 0 Å². The van der Waals surface area contributed by atoms with Crippen LogP contribution in [0, 0.1) is 11.3 Å². The number of methoxy groups -OCH3 is 1. The fraction of sp³-hybridized carbons (Fsp3) is 0.238. The van der Waals surface area contributed by atoms with Gasteiger partial charge in [0.25, 0.3) is 0 Å². The summed E-state index contributed by atoms with van der Waals surface area (Å²) in [6.07, 6.45) is 1.62. The van der Waals surface area contributed by atoms with E-state index in [0.29, 0.717) is 34.1 Å². The van der Waals surface area contributed by atoms with E-state index in [0.717, 1.165) is 0 Å². The molecule has 1 unspecified atom stereocenters. The molecule has 1 atom stereocenters. The van der Waals surface area contributed by atoms with Crippen LogP contribution in [0.3, 0.4) is 0 Å². The Labute approximate surface area is 157 Å². The molecule has 2 aromatic rings. The third kappa shape index (κ3) is 4.04. The lowest BCUT2D eigenvalue weighted by molar-refractivity contribution is 0.0975. The van der Waals surface area contributed by atoms with Crippen molar-refractivity contribution in [2.45, 2.75) is 12.3 Å². The molecule has 0 N–H and O–H groups in total. The van der Waals surface area contributed by atoms with Crippen LogP contribution >= 0.6 is 0 Å². The van der Waals surface area contributed by atoms with Gasteiger partial charge in [0.2, 0.25) is 6.79 Å². The Balaban J connectivity index is 1.82. The SMILES string of the molecule is C=CCOc1cc(OC)ccc1C(=O)CC(C#N)c1ccc2c(c1)OCO2. The van der Waals surface area contributed by atoms with Crippen molar-refractivity contribution in [1.29, 1.82) is 5.26 Å². The van der Waals surface area contributed by atoms with Crippen LogP contribution in [0.15, 0.2) is 49.1 Å². The molecule has 0 amide bonds. The Kier molecular flexibility index (Phi) is 5.62. The summed E-state index contributed by atoms with van der Waals surface area (Å²) in [4.78, 5) is 12.9. The van der Waals surface area contributed by atoms with Gasteiger partial charge in [0.05, 0.1) is 24.7 Å². The monoisotopic (exact) mass is 365 g/mol. The van der Waals surface area contributed by atoms with Crippen molar-refractivity contribution in [2.75, 3.05) is 20.5 Å². The molecule has 1 aliphatic rings. The molecule has 2 aromatic carbocycles. The Bertz CT molecular complexity index is 900. The maximum Gasteiger partial charge on any atom is 0.231 e. The van der Waals surface area contributed by atoms with Crippen molar-refractivity contribution in [2.24, 2.45) is 0 Å². The van der Waals surface area contributed by atoms with Gasteiger partial charge in [-0.3, -0.25) is 4.79 Å². The van der Waals surface area contributed by atoms with Crippen molar-refractivity contribution in [1.82, 2.24) is 0 Å². The lowest BCUT2D eigenvalue weighted by Gasteiger charge is -2.13. The first kappa shape index (κ1) is 18.3.